The number of rotatable bonds is 4. The topological polar surface area (TPSA) is 38.0 Å². The molecule has 116 valence electrons. The van der Waals surface area contributed by atoms with Gasteiger partial charge < -0.3 is 11.1 Å². The summed E-state index contributed by atoms with van der Waals surface area (Å²) in [6.45, 7) is 0.270. The zero-order chi connectivity index (χ0) is 15.2. The molecule has 2 rings (SSSR count). The number of hydrogen-bond donors (Lipinski definition) is 2. The second kappa shape index (κ2) is 3.97. The lowest BCUT2D eigenvalue weighted by Gasteiger charge is -2.40. The second-order valence-corrected chi connectivity index (χ2v) is 7.37. The third-order valence-corrected chi connectivity index (χ3v) is 4.54. The van der Waals surface area contributed by atoms with Crippen LogP contribution in [0.25, 0.3) is 0 Å². The summed E-state index contributed by atoms with van der Waals surface area (Å²) in [6, 6.07) is 1.45. The highest BCUT2D eigenvalue weighted by Gasteiger charge is 2.67. The van der Waals surface area contributed by atoms with Crippen LogP contribution in [0.5, 0.6) is 0 Å². The summed E-state index contributed by atoms with van der Waals surface area (Å²) in [5.74, 6) is -1.89. The molecule has 1 saturated carbocycles. The molecule has 0 amide bonds. The number of nitrogens with one attached hydrogen (secondary N) is 1. The molecule has 1 fully saturated rings. The quantitative estimate of drug-likeness (QED) is 0.794. The molecular formula is C11H14F6N2S. The Morgan fingerprint density at radius 2 is 1.80 bits per heavy atom. The highest BCUT2D eigenvalue weighted by atomic mass is 32.5. The van der Waals surface area contributed by atoms with Gasteiger partial charge >= 0.3 is 10.2 Å². The Morgan fingerprint density at radius 1 is 1.15 bits per heavy atom. The van der Waals surface area contributed by atoms with E-state index in [1.54, 1.807) is 0 Å². The van der Waals surface area contributed by atoms with Crippen LogP contribution in [-0.2, 0) is 0 Å². The predicted molar refractivity (Wildman–Crippen MR) is 67.0 cm³/mol. The van der Waals surface area contributed by atoms with E-state index in [1.165, 1.54) is 0 Å². The van der Waals surface area contributed by atoms with Crippen molar-refractivity contribution >= 4 is 15.9 Å². The second-order valence-electron chi connectivity index (χ2n) is 5.00. The zero-order valence-electron chi connectivity index (χ0n) is 10.3. The van der Waals surface area contributed by atoms with Crippen molar-refractivity contribution in [3.8, 4) is 0 Å². The Bertz CT molecular complexity index is 529. The standard InChI is InChI=1S/C11H14F6N2S/c12-9-3-2-8(19-6-7-1-4-10(7)18)5-11(9)20(13,14,15,16)17/h2-3,5,7,10,19H,1,4,6,18H2. The Morgan fingerprint density at radius 3 is 2.25 bits per heavy atom. The van der Waals surface area contributed by atoms with E-state index in [2.05, 4.69) is 5.32 Å². The first-order chi connectivity index (χ1) is 8.86. The third kappa shape index (κ3) is 3.32. The molecule has 3 N–H and O–H groups in total. The lowest BCUT2D eigenvalue weighted by atomic mass is 9.80. The molecule has 2 nitrogen and oxygen atoms in total. The number of anilines is 1. The summed E-state index contributed by atoms with van der Waals surface area (Å²) >= 11 is 0. The van der Waals surface area contributed by atoms with Crippen LogP contribution in [0.3, 0.4) is 0 Å². The molecule has 0 heterocycles. The molecular weight excluding hydrogens is 306 g/mol. The minimum atomic E-state index is -10.0. The fourth-order valence-electron chi connectivity index (χ4n) is 2.01. The van der Waals surface area contributed by atoms with Crippen molar-refractivity contribution < 1.29 is 23.8 Å². The average Bonchev–Trinajstić information content (AvgIpc) is 2.26. The molecule has 0 spiro atoms. The maximum Gasteiger partial charge on any atom is 0.313 e. The van der Waals surface area contributed by atoms with Gasteiger partial charge in [-0.05, 0) is 37.0 Å². The van der Waals surface area contributed by atoms with E-state index < -0.39 is 20.9 Å². The maximum absolute atomic E-state index is 13.1. The summed E-state index contributed by atoms with van der Waals surface area (Å²) in [5.41, 5.74) is 5.46. The maximum atomic E-state index is 13.1. The SMILES string of the molecule is NC1CCC1CNc1ccc(F)c(S(F)(F)(F)(F)F)c1. The molecule has 0 radical (unpaired) electrons. The van der Waals surface area contributed by atoms with Crippen molar-refractivity contribution in [1.82, 2.24) is 0 Å². The predicted octanol–water partition coefficient (Wildman–Crippen LogP) is 4.63. The van der Waals surface area contributed by atoms with E-state index in [1.807, 2.05) is 0 Å². The molecule has 1 aromatic carbocycles. The number of hydrogen-bond acceptors (Lipinski definition) is 2. The molecule has 1 aromatic rings. The molecule has 20 heavy (non-hydrogen) atoms. The van der Waals surface area contributed by atoms with E-state index in [4.69, 9.17) is 5.73 Å². The van der Waals surface area contributed by atoms with Crippen LogP contribution in [0.4, 0.5) is 29.5 Å². The van der Waals surface area contributed by atoms with E-state index >= 15 is 0 Å². The smallest absolute Gasteiger partial charge is 0.313 e. The molecule has 1 aliphatic carbocycles. The van der Waals surface area contributed by atoms with Crippen LogP contribution < -0.4 is 11.1 Å². The van der Waals surface area contributed by atoms with Crippen molar-refractivity contribution in [3.63, 3.8) is 0 Å². The summed E-state index contributed by atoms with van der Waals surface area (Å²) in [7, 11) is -10.0. The van der Waals surface area contributed by atoms with Crippen molar-refractivity contribution in [2.45, 2.75) is 23.8 Å². The first-order valence-electron chi connectivity index (χ1n) is 5.90. The van der Waals surface area contributed by atoms with E-state index in [0.29, 0.717) is 6.07 Å². The average molecular weight is 320 g/mol. The monoisotopic (exact) mass is 320 g/mol. The Hall–Kier alpha value is -1.09. The van der Waals surface area contributed by atoms with Crippen molar-refractivity contribution in [1.29, 1.82) is 0 Å². The van der Waals surface area contributed by atoms with Gasteiger partial charge in [0.2, 0.25) is 0 Å². The highest BCUT2D eigenvalue weighted by Crippen LogP contribution is 3.02. The molecule has 2 atom stereocenters. The van der Waals surface area contributed by atoms with Crippen LogP contribution in [0.2, 0.25) is 0 Å². The first-order valence-corrected chi connectivity index (χ1v) is 7.85. The highest BCUT2D eigenvalue weighted by molar-refractivity contribution is 8.45. The molecule has 1 aliphatic rings. The summed E-state index contributed by atoms with van der Waals surface area (Å²) in [4.78, 5) is -2.49. The Labute approximate surface area is 112 Å². The van der Waals surface area contributed by atoms with E-state index in [-0.39, 0.29) is 30.3 Å². The van der Waals surface area contributed by atoms with Gasteiger partial charge in [-0.2, -0.15) is 0 Å². The molecule has 9 heteroatoms. The van der Waals surface area contributed by atoms with E-state index in [9.17, 15) is 23.8 Å². The van der Waals surface area contributed by atoms with Gasteiger partial charge in [-0.25, -0.2) is 4.39 Å². The molecule has 2 unspecified atom stereocenters. The van der Waals surface area contributed by atoms with Crippen LogP contribution in [0.1, 0.15) is 12.8 Å². The van der Waals surface area contributed by atoms with Gasteiger partial charge in [-0.3, -0.25) is 0 Å². The van der Waals surface area contributed by atoms with Crippen LogP contribution in [-0.4, -0.2) is 12.6 Å². The van der Waals surface area contributed by atoms with Crippen molar-refractivity contribution in [3.05, 3.63) is 24.0 Å². The van der Waals surface area contributed by atoms with E-state index in [0.717, 1.165) is 18.9 Å². The fourth-order valence-corrected chi connectivity index (χ4v) is 2.79. The Balaban J connectivity index is 2.21. The largest absolute Gasteiger partial charge is 0.385 e. The normalized spacial score (nSPS) is 26.4. The van der Waals surface area contributed by atoms with Gasteiger partial charge in [0, 0.05) is 18.3 Å². The first kappa shape index (κ1) is 15.3. The molecule has 0 aliphatic heterocycles. The van der Waals surface area contributed by atoms with Gasteiger partial charge in [-0.15, -0.1) is 0 Å². The summed E-state index contributed by atoms with van der Waals surface area (Å²) < 4.78 is 76.3. The molecule has 0 aromatic heterocycles. The fraction of sp³-hybridized carbons (Fsp3) is 0.455. The minimum Gasteiger partial charge on any atom is -0.385 e. The van der Waals surface area contributed by atoms with Crippen molar-refractivity contribution in [2.24, 2.45) is 11.7 Å². The number of nitrogens with two attached hydrogens (primary N) is 1. The van der Waals surface area contributed by atoms with Gasteiger partial charge in [0.15, 0.2) is 0 Å². The number of benzene rings is 1. The third-order valence-electron chi connectivity index (χ3n) is 3.39. The number of halogens is 6. The van der Waals surface area contributed by atoms with Gasteiger partial charge in [0.05, 0.1) is 0 Å². The Kier molecular flexibility index (Phi) is 3.04. The van der Waals surface area contributed by atoms with Gasteiger partial charge in [0.25, 0.3) is 0 Å². The molecule has 0 saturated heterocycles. The lowest BCUT2D eigenvalue weighted by Crippen LogP contribution is -2.43. The zero-order valence-corrected chi connectivity index (χ0v) is 11.1. The minimum absolute atomic E-state index is 0.0435. The summed E-state index contributed by atoms with van der Waals surface area (Å²) in [6.07, 6.45) is 1.65. The van der Waals surface area contributed by atoms with Gasteiger partial charge in [0.1, 0.15) is 10.7 Å². The van der Waals surface area contributed by atoms with Gasteiger partial charge in [-0.1, -0.05) is 19.4 Å². The summed E-state index contributed by atoms with van der Waals surface area (Å²) in [5, 5.41) is 2.59. The van der Waals surface area contributed by atoms with Crippen LogP contribution >= 0.6 is 10.2 Å². The van der Waals surface area contributed by atoms with Crippen molar-refractivity contribution in [2.75, 3.05) is 11.9 Å². The lowest BCUT2D eigenvalue weighted by molar-refractivity contribution is 0.272. The van der Waals surface area contributed by atoms with Crippen LogP contribution in [0, 0.1) is 11.7 Å². The molecule has 0 bridgehead atoms. The van der Waals surface area contributed by atoms with Crippen LogP contribution in [0.15, 0.2) is 23.1 Å².